The molecule has 1 aromatic carbocycles. The van der Waals surface area contributed by atoms with Crippen LogP contribution in [0.15, 0.2) is 18.2 Å². The lowest BCUT2D eigenvalue weighted by Gasteiger charge is -2.34. The molecule has 0 N–H and O–H groups in total. The van der Waals surface area contributed by atoms with Crippen molar-refractivity contribution in [2.24, 2.45) is 0 Å². The van der Waals surface area contributed by atoms with Crippen LogP contribution in [0.1, 0.15) is 29.6 Å². The number of carbonyl (C=O) groups excluding carboxylic acids is 1. The number of non-ortho nitro benzene ring substituents is 1. The highest BCUT2D eigenvalue weighted by molar-refractivity contribution is 5.95. The Kier molecular flexibility index (Phi) is 3.27. The summed E-state index contributed by atoms with van der Waals surface area (Å²) in [6, 6.07) is 3.12. The predicted molar refractivity (Wildman–Crippen MR) is 62.8 cm³/mol. The van der Waals surface area contributed by atoms with Crippen molar-refractivity contribution in [3.8, 4) is 0 Å². The molecule has 5 nitrogen and oxygen atoms in total. The van der Waals surface area contributed by atoms with Crippen molar-refractivity contribution in [2.45, 2.75) is 25.3 Å². The lowest BCUT2D eigenvalue weighted by atomic mass is 9.91. The van der Waals surface area contributed by atoms with E-state index in [4.69, 9.17) is 0 Å². The van der Waals surface area contributed by atoms with E-state index in [2.05, 4.69) is 0 Å². The molecule has 0 aromatic heterocycles. The molecule has 18 heavy (non-hydrogen) atoms. The van der Waals surface area contributed by atoms with E-state index in [1.54, 1.807) is 7.05 Å². The van der Waals surface area contributed by atoms with Crippen molar-refractivity contribution < 1.29 is 14.1 Å². The van der Waals surface area contributed by atoms with Gasteiger partial charge in [-0.15, -0.1) is 0 Å². The summed E-state index contributed by atoms with van der Waals surface area (Å²) in [6.07, 6.45) is 2.86. The smallest absolute Gasteiger partial charge is 0.270 e. The molecule has 1 aliphatic carbocycles. The Morgan fingerprint density at radius 1 is 1.50 bits per heavy atom. The highest BCUT2D eigenvalue weighted by Crippen LogP contribution is 2.26. The number of nitro benzene ring substituents is 1. The van der Waals surface area contributed by atoms with Gasteiger partial charge in [-0.25, -0.2) is 4.39 Å². The molecule has 0 aliphatic heterocycles. The van der Waals surface area contributed by atoms with E-state index in [1.165, 1.54) is 4.90 Å². The minimum absolute atomic E-state index is 0.121. The number of benzene rings is 1. The number of hydrogen-bond donors (Lipinski definition) is 0. The standard InChI is InChI=1S/C12H13FN2O3/c1-14(8-3-2-4-8)12(16)10-7-9(15(17)18)5-6-11(10)13/h5-8H,2-4H2,1H3. The molecule has 1 aliphatic rings. The summed E-state index contributed by atoms with van der Waals surface area (Å²) in [5.41, 5.74) is -0.514. The summed E-state index contributed by atoms with van der Waals surface area (Å²) < 4.78 is 13.6. The van der Waals surface area contributed by atoms with Crippen molar-refractivity contribution >= 4 is 11.6 Å². The third-order valence-electron chi connectivity index (χ3n) is 3.33. The van der Waals surface area contributed by atoms with Gasteiger partial charge in [0.25, 0.3) is 11.6 Å². The lowest BCUT2D eigenvalue weighted by Crippen LogP contribution is -2.41. The van der Waals surface area contributed by atoms with Gasteiger partial charge in [0.15, 0.2) is 0 Å². The van der Waals surface area contributed by atoms with E-state index in [9.17, 15) is 19.3 Å². The number of hydrogen-bond acceptors (Lipinski definition) is 3. The predicted octanol–water partition coefficient (Wildman–Crippen LogP) is 2.36. The van der Waals surface area contributed by atoms with Crippen LogP contribution in [-0.4, -0.2) is 28.8 Å². The first-order valence-electron chi connectivity index (χ1n) is 5.72. The minimum atomic E-state index is -0.725. The molecule has 0 radical (unpaired) electrons. The van der Waals surface area contributed by atoms with Crippen molar-refractivity contribution in [3.63, 3.8) is 0 Å². The topological polar surface area (TPSA) is 63.5 Å². The van der Waals surface area contributed by atoms with Gasteiger partial charge < -0.3 is 4.90 Å². The van der Waals surface area contributed by atoms with Crippen LogP contribution in [0.3, 0.4) is 0 Å². The highest BCUT2D eigenvalue weighted by Gasteiger charge is 2.28. The SMILES string of the molecule is CN(C(=O)c1cc([N+](=O)[O-])ccc1F)C1CCC1. The van der Waals surface area contributed by atoms with Gasteiger partial charge in [-0.3, -0.25) is 14.9 Å². The number of amides is 1. The maximum atomic E-state index is 13.6. The molecule has 1 aromatic rings. The molecule has 0 unspecified atom stereocenters. The Labute approximate surface area is 103 Å². The van der Waals surface area contributed by atoms with Gasteiger partial charge in [-0.2, -0.15) is 0 Å². The van der Waals surface area contributed by atoms with Crippen LogP contribution < -0.4 is 0 Å². The average molecular weight is 252 g/mol. The quantitative estimate of drug-likeness (QED) is 0.612. The van der Waals surface area contributed by atoms with E-state index < -0.39 is 16.6 Å². The summed E-state index contributed by atoms with van der Waals surface area (Å²) in [4.78, 5) is 23.5. The van der Waals surface area contributed by atoms with E-state index in [1.807, 2.05) is 0 Å². The summed E-state index contributed by atoms with van der Waals surface area (Å²) in [7, 11) is 1.60. The van der Waals surface area contributed by atoms with Crippen molar-refractivity contribution in [2.75, 3.05) is 7.05 Å². The van der Waals surface area contributed by atoms with Gasteiger partial charge in [0.1, 0.15) is 5.82 Å². The van der Waals surface area contributed by atoms with Gasteiger partial charge in [0.05, 0.1) is 10.5 Å². The second-order valence-electron chi connectivity index (χ2n) is 4.42. The summed E-state index contributed by atoms with van der Waals surface area (Å²) >= 11 is 0. The van der Waals surface area contributed by atoms with Crippen LogP contribution >= 0.6 is 0 Å². The van der Waals surface area contributed by atoms with Gasteiger partial charge in [0, 0.05) is 25.2 Å². The molecule has 1 amide bonds. The fourth-order valence-corrected chi connectivity index (χ4v) is 1.92. The normalized spacial score (nSPS) is 15.0. The molecular formula is C12H13FN2O3. The molecule has 1 fully saturated rings. The van der Waals surface area contributed by atoms with Crippen molar-refractivity contribution in [3.05, 3.63) is 39.7 Å². The molecule has 2 rings (SSSR count). The lowest BCUT2D eigenvalue weighted by molar-refractivity contribution is -0.384. The highest BCUT2D eigenvalue weighted by atomic mass is 19.1. The number of nitro groups is 1. The first-order chi connectivity index (χ1) is 8.50. The summed E-state index contributed by atoms with van der Waals surface area (Å²) in [5.74, 6) is -1.22. The third kappa shape index (κ3) is 2.18. The Morgan fingerprint density at radius 3 is 2.67 bits per heavy atom. The molecule has 0 heterocycles. The van der Waals surface area contributed by atoms with Crippen LogP contribution in [-0.2, 0) is 0 Å². The number of carbonyl (C=O) groups is 1. The van der Waals surface area contributed by atoms with E-state index in [0.29, 0.717) is 0 Å². The molecule has 6 heteroatoms. The minimum Gasteiger partial charge on any atom is -0.339 e. The summed E-state index contributed by atoms with van der Waals surface area (Å²) in [5, 5.41) is 10.6. The van der Waals surface area contributed by atoms with Crippen LogP contribution in [0, 0.1) is 15.9 Å². The molecule has 0 spiro atoms. The van der Waals surface area contributed by atoms with Gasteiger partial charge in [0.2, 0.25) is 0 Å². The molecule has 0 atom stereocenters. The first-order valence-corrected chi connectivity index (χ1v) is 5.72. The molecule has 96 valence electrons. The largest absolute Gasteiger partial charge is 0.339 e. The Hall–Kier alpha value is -1.98. The Balaban J connectivity index is 2.28. The zero-order chi connectivity index (χ0) is 13.3. The van der Waals surface area contributed by atoms with Crippen molar-refractivity contribution in [1.82, 2.24) is 4.90 Å². The van der Waals surface area contributed by atoms with Crippen LogP contribution in [0.4, 0.5) is 10.1 Å². The molecule has 0 bridgehead atoms. The zero-order valence-electron chi connectivity index (χ0n) is 9.93. The maximum Gasteiger partial charge on any atom is 0.270 e. The molecule has 1 saturated carbocycles. The maximum absolute atomic E-state index is 13.6. The number of nitrogens with zero attached hydrogens (tertiary/aromatic N) is 2. The third-order valence-corrected chi connectivity index (χ3v) is 3.33. The van der Waals surface area contributed by atoms with E-state index in [-0.39, 0.29) is 17.3 Å². The van der Waals surface area contributed by atoms with Crippen LogP contribution in [0.5, 0.6) is 0 Å². The first kappa shape index (κ1) is 12.5. The Bertz CT molecular complexity index is 500. The number of halogens is 1. The fourth-order valence-electron chi connectivity index (χ4n) is 1.92. The van der Waals surface area contributed by atoms with E-state index in [0.717, 1.165) is 37.5 Å². The monoisotopic (exact) mass is 252 g/mol. The van der Waals surface area contributed by atoms with Crippen molar-refractivity contribution in [1.29, 1.82) is 0 Å². The average Bonchev–Trinajstić information content (AvgIpc) is 2.26. The van der Waals surface area contributed by atoms with Gasteiger partial charge in [-0.05, 0) is 25.3 Å². The van der Waals surface area contributed by atoms with Crippen LogP contribution in [0.25, 0.3) is 0 Å². The summed E-state index contributed by atoms with van der Waals surface area (Å²) in [6.45, 7) is 0. The molecule has 0 saturated heterocycles. The van der Waals surface area contributed by atoms with Gasteiger partial charge >= 0.3 is 0 Å². The van der Waals surface area contributed by atoms with Gasteiger partial charge in [-0.1, -0.05) is 0 Å². The molecular weight excluding hydrogens is 239 g/mol. The number of rotatable bonds is 3. The fraction of sp³-hybridized carbons (Fsp3) is 0.417. The van der Waals surface area contributed by atoms with Crippen LogP contribution in [0.2, 0.25) is 0 Å². The zero-order valence-corrected chi connectivity index (χ0v) is 9.93. The second-order valence-corrected chi connectivity index (χ2v) is 4.42. The van der Waals surface area contributed by atoms with E-state index >= 15 is 0 Å². The second kappa shape index (κ2) is 4.72. The Morgan fingerprint density at radius 2 is 2.17 bits per heavy atom.